The molecular weight excluding hydrogens is 320 g/mol. The molecule has 1 amide bonds. The van der Waals surface area contributed by atoms with Crippen LogP contribution in [-0.2, 0) is 10.7 Å². The molecule has 0 unspecified atom stereocenters. The molecule has 2 aromatic rings. The van der Waals surface area contributed by atoms with E-state index < -0.39 is 17.4 Å². The maximum absolute atomic E-state index is 11.6. The number of nitrogens with zero attached hydrogens (tertiary/aromatic N) is 1. The summed E-state index contributed by atoms with van der Waals surface area (Å²) >= 11 is 0.936. The van der Waals surface area contributed by atoms with Gasteiger partial charge >= 0.3 is 0 Å². The maximum atomic E-state index is 11.6. The highest BCUT2D eigenvalue weighted by Gasteiger charge is 2.26. The van der Waals surface area contributed by atoms with E-state index in [0.717, 1.165) is 23.4 Å². The number of anilines is 1. The monoisotopic (exact) mass is 336 g/mol. The Morgan fingerprint density at radius 3 is 2.65 bits per heavy atom. The molecule has 1 aromatic heterocycles. The number of nitrogens with two attached hydrogens (primary N) is 1. The van der Waals surface area contributed by atoms with Crippen molar-refractivity contribution in [3.63, 3.8) is 0 Å². The zero-order valence-electron chi connectivity index (χ0n) is 12.2. The molecule has 23 heavy (non-hydrogen) atoms. The van der Waals surface area contributed by atoms with Gasteiger partial charge < -0.3 is 26.2 Å². The van der Waals surface area contributed by atoms with Gasteiger partial charge in [0, 0.05) is 11.6 Å². The van der Waals surface area contributed by atoms with Crippen molar-refractivity contribution in [2.24, 2.45) is 5.73 Å². The van der Waals surface area contributed by atoms with Gasteiger partial charge in [-0.25, -0.2) is 4.98 Å². The van der Waals surface area contributed by atoms with Gasteiger partial charge in [-0.05, 0) is 6.92 Å². The van der Waals surface area contributed by atoms with Crippen LogP contribution in [0.4, 0.5) is 5.82 Å². The van der Waals surface area contributed by atoms with Gasteiger partial charge in [-0.15, -0.1) is 0 Å². The highest BCUT2D eigenvalue weighted by Crippen LogP contribution is 2.21. The average Bonchev–Trinajstić information content (AvgIpc) is 2.44. The topological polar surface area (TPSA) is 141 Å². The second kappa shape index (κ2) is 6.82. The van der Waals surface area contributed by atoms with Gasteiger partial charge in [0.05, 0.1) is 5.75 Å². The van der Waals surface area contributed by atoms with Crippen LogP contribution >= 0.6 is 11.8 Å². The first-order valence-corrected chi connectivity index (χ1v) is 7.57. The van der Waals surface area contributed by atoms with Crippen LogP contribution in [0, 0.1) is 6.92 Å². The van der Waals surface area contributed by atoms with Crippen molar-refractivity contribution >= 4 is 23.5 Å². The molecule has 0 atom stereocenters. The zero-order valence-corrected chi connectivity index (χ0v) is 13.1. The normalized spacial score (nSPS) is 11.3. The number of thioether (sulfide) groups is 1. The number of aromatic amines is 1. The van der Waals surface area contributed by atoms with Crippen molar-refractivity contribution in [1.29, 1.82) is 0 Å². The highest BCUT2D eigenvalue weighted by atomic mass is 32.2. The Morgan fingerprint density at radius 1 is 1.39 bits per heavy atom. The van der Waals surface area contributed by atoms with Crippen molar-refractivity contribution in [2.75, 3.05) is 11.1 Å². The summed E-state index contributed by atoms with van der Waals surface area (Å²) in [5, 5.41) is 22.8. The molecule has 122 valence electrons. The molecule has 6 N–H and O–H groups in total. The lowest BCUT2D eigenvalue weighted by Crippen LogP contribution is -2.35. The minimum absolute atomic E-state index is 0.0497. The third-order valence-electron chi connectivity index (χ3n) is 2.83. The number of nitrogens with one attached hydrogen (secondary N) is 2. The van der Waals surface area contributed by atoms with Gasteiger partial charge in [-0.1, -0.05) is 41.6 Å². The van der Waals surface area contributed by atoms with E-state index in [9.17, 15) is 19.8 Å². The number of carbonyl (C=O) groups excluding carboxylic acids is 1. The molecule has 1 heterocycles. The number of aryl methyl sites for hydroxylation is 1. The lowest BCUT2D eigenvalue weighted by molar-refractivity contribution is -0.143. The number of hydrogen-bond donors (Lipinski definition) is 5. The number of primary amides is 1. The van der Waals surface area contributed by atoms with E-state index in [0.29, 0.717) is 0 Å². The molecule has 0 fully saturated rings. The predicted molar refractivity (Wildman–Crippen MR) is 85.7 cm³/mol. The van der Waals surface area contributed by atoms with Gasteiger partial charge in [0.25, 0.3) is 11.5 Å². The average molecular weight is 336 g/mol. The van der Waals surface area contributed by atoms with Crippen LogP contribution in [0.25, 0.3) is 0 Å². The SMILES string of the molecule is Cc1ccc(C(O)(O)Nc2cc(=O)[nH]c(SCC(N)=O)n2)cc1. The molecule has 0 radical (unpaired) electrons. The van der Waals surface area contributed by atoms with Crippen molar-refractivity contribution < 1.29 is 15.0 Å². The summed E-state index contributed by atoms with van der Waals surface area (Å²) in [6, 6.07) is 7.59. The Bertz CT molecular complexity index is 758. The summed E-state index contributed by atoms with van der Waals surface area (Å²) < 4.78 is 0. The highest BCUT2D eigenvalue weighted by molar-refractivity contribution is 7.99. The number of amides is 1. The maximum Gasteiger partial charge on any atom is 0.273 e. The molecule has 0 aliphatic heterocycles. The van der Waals surface area contributed by atoms with Crippen LogP contribution in [0.2, 0.25) is 0 Å². The van der Waals surface area contributed by atoms with E-state index in [1.807, 2.05) is 6.92 Å². The van der Waals surface area contributed by atoms with E-state index in [2.05, 4.69) is 15.3 Å². The number of hydrogen-bond acceptors (Lipinski definition) is 7. The quantitative estimate of drug-likeness (QED) is 0.281. The number of carbonyl (C=O) groups is 1. The van der Waals surface area contributed by atoms with Crippen LogP contribution in [0.1, 0.15) is 11.1 Å². The number of aliphatic hydroxyl groups is 2. The molecular formula is C14H16N4O4S. The summed E-state index contributed by atoms with van der Waals surface area (Å²) in [7, 11) is 0. The van der Waals surface area contributed by atoms with Crippen molar-refractivity contribution in [2.45, 2.75) is 18.0 Å². The molecule has 8 nitrogen and oxygen atoms in total. The molecule has 2 rings (SSSR count). The Labute approximate surface area is 135 Å². The molecule has 0 saturated carbocycles. The van der Waals surface area contributed by atoms with Gasteiger partial charge in [0.2, 0.25) is 5.91 Å². The van der Waals surface area contributed by atoms with Crippen LogP contribution < -0.4 is 16.6 Å². The minimum atomic E-state index is -2.40. The van der Waals surface area contributed by atoms with Crippen LogP contribution in [0.3, 0.4) is 0 Å². The second-order valence-electron chi connectivity index (χ2n) is 4.85. The van der Waals surface area contributed by atoms with E-state index in [1.54, 1.807) is 12.1 Å². The predicted octanol–water partition coefficient (Wildman–Crippen LogP) is -0.137. The minimum Gasteiger partial charge on any atom is -0.369 e. The number of H-pyrrole nitrogens is 1. The molecule has 1 aromatic carbocycles. The first-order valence-electron chi connectivity index (χ1n) is 6.59. The Kier molecular flexibility index (Phi) is 5.04. The van der Waals surface area contributed by atoms with Crippen molar-refractivity contribution in [3.8, 4) is 0 Å². The zero-order chi connectivity index (χ0) is 17.0. The summed E-state index contributed by atoms with van der Waals surface area (Å²) in [6.45, 7) is 1.87. The van der Waals surface area contributed by atoms with Crippen LogP contribution in [0.15, 0.2) is 40.3 Å². The Balaban J connectivity index is 2.22. The lowest BCUT2D eigenvalue weighted by Gasteiger charge is -2.24. The van der Waals surface area contributed by atoms with E-state index in [1.165, 1.54) is 12.1 Å². The van der Waals surface area contributed by atoms with Gasteiger partial charge in [0.1, 0.15) is 5.82 Å². The van der Waals surface area contributed by atoms with Gasteiger partial charge in [-0.2, -0.15) is 0 Å². The van der Waals surface area contributed by atoms with E-state index in [-0.39, 0.29) is 22.3 Å². The molecule has 0 spiro atoms. The largest absolute Gasteiger partial charge is 0.369 e. The number of aromatic nitrogens is 2. The lowest BCUT2D eigenvalue weighted by atomic mass is 10.1. The Morgan fingerprint density at radius 2 is 2.04 bits per heavy atom. The van der Waals surface area contributed by atoms with Crippen molar-refractivity contribution in [3.05, 3.63) is 51.8 Å². The molecule has 0 saturated heterocycles. The summed E-state index contributed by atoms with van der Waals surface area (Å²) in [5.74, 6) is -3.07. The summed E-state index contributed by atoms with van der Waals surface area (Å²) in [5.41, 5.74) is 5.68. The first-order chi connectivity index (χ1) is 10.8. The number of benzene rings is 1. The second-order valence-corrected chi connectivity index (χ2v) is 5.82. The molecule has 9 heteroatoms. The fourth-order valence-electron chi connectivity index (χ4n) is 1.74. The third kappa shape index (κ3) is 4.81. The molecule has 0 aliphatic rings. The van der Waals surface area contributed by atoms with Crippen LogP contribution in [-0.4, -0.2) is 31.8 Å². The van der Waals surface area contributed by atoms with Crippen LogP contribution in [0.5, 0.6) is 0 Å². The van der Waals surface area contributed by atoms with E-state index >= 15 is 0 Å². The van der Waals surface area contributed by atoms with Crippen molar-refractivity contribution in [1.82, 2.24) is 9.97 Å². The smallest absolute Gasteiger partial charge is 0.273 e. The summed E-state index contributed by atoms with van der Waals surface area (Å²) in [4.78, 5) is 28.8. The van der Waals surface area contributed by atoms with Gasteiger partial charge in [0.15, 0.2) is 5.16 Å². The fraction of sp³-hybridized carbons (Fsp3) is 0.214. The summed E-state index contributed by atoms with van der Waals surface area (Å²) in [6.07, 6.45) is 0. The van der Waals surface area contributed by atoms with Gasteiger partial charge in [-0.3, -0.25) is 9.59 Å². The first kappa shape index (κ1) is 17.0. The number of rotatable bonds is 6. The fourth-order valence-corrected chi connectivity index (χ4v) is 2.36. The standard InChI is InChI=1S/C14H16N4O4S/c1-8-2-4-9(5-3-8)14(21,22)18-11-6-12(20)17-13(16-11)23-7-10(15)19/h2-6,21-22H,7H2,1H3,(H2,15,19)(H2,16,17,18,20). The Hall–Kier alpha value is -2.36. The van der Waals surface area contributed by atoms with E-state index in [4.69, 9.17) is 5.73 Å². The molecule has 0 aliphatic carbocycles. The third-order valence-corrected chi connectivity index (χ3v) is 3.72. The molecule has 0 bridgehead atoms.